The van der Waals surface area contributed by atoms with Gasteiger partial charge in [-0.25, -0.2) is 0 Å². The van der Waals surface area contributed by atoms with Gasteiger partial charge in [-0.05, 0) is 48.9 Å². The fourth-order valence-electron chi connectivity index (χ4n) is 3.17. The molecule has 0 nitrogen and oxygen atoms in total. The lowest BCUT2D eigenvalue weighted by atomic mass is 9.79. The second kappa shape index (κ2) is 3.48. The van der Waals surface area contributed by atoms with E-state index in [1.807, 2.05) is 0 Å². The van der Waals surface area contributed by atoms with Crippen molar-refractivity contribution in [3.63, 3.8) is 0 Å². The van der Waals surface area contributed by atoms with Gasteiger partial charge in [-0.1, -0.05) is 32.9 Å². The Balaban J connectivity index is 2.05. The zero-order valence-electron chi connectivity index (χ0n) is 9.16. The molecular formula is C13H22. The van der Waals surface area contributed by atoms with Crippen LogP contribution in [-0.2, 0) is 0 Å². The van der Waals surface area contributed by atoms with Gasteiger partial charge in [0.2, 0.25) is 0 Å². The minimum Gasteiger partial charge on any atom is -0.0880 e. The Labute approximate surface area is 82.4 Å². The first-order chi connectivity index (χ1) is 6.18. The van der Waals surface area contributed by atoms with Gasteiger partial charge in [-0.2, -0.15) is 0 Å². The van der Waals surface area contributed by atoms with Gasteiger partial charge in [0, 0.05) is 0 Å². The van der Waals surface area contributed by atoms with E-state index in [1.54, 1.807) is 0 Å². The molecular weight excluding hydrogens is 156 g/mol. The maximum absolute atomic E-state index is 2.49. The molecule has 4 unspecified atom stereocenters. The quantitative estimate of drug-likeness (QED) is 0.563. The second-order valence-electron chi connectivity index (χ2n) is 5.43. The molecule has 0 saturated heterocycles. The monoisotopic (exact) mass is 178 g/mol. The van der Waals surface area contributed by atoms with E-state index in [4.69, 9.17) is 0 Å². The Kier molecular flexibility index (Phi) is 2.49. The number of hydrogen-bond acceptors (Lipinski definition) is 0. The smallest absolute Gasteiger partial charge is 0.0200 e. The van der Waals surface area contributed by atoms with Gasteiger partial charge in [-0.3, -0.25) is 0 Å². The van der Waals surface area contributed by atoms with Gasteiger partial charge in [-0.15, -0.1) is 0 Å². The number of hydrogen-bond donors (Lipinski definition) is 0. The van der Waals surface area contributed by atoms with Crippen molar-refractivity contribution < 1.29 is 0 Å². The Bertz CT molecular complexity index is 202. The fraction of sp³-hybridized carbons (Fsp3) is 0.846. The third kappa shape index (κ3) is 1.68. The van der Waals surface area contributed by atoms with Gasteiger partial charge < -0.3 is 0 Å². The lowest BCUT2D eigenvalue weighted by molar-refractivity contribution is 0.246. The molecule has 2 aliphatic carbocycles. The summed E-state index contributed by atoms with van der Waals surface area (Å²) in [6, 6.07) is 0. The van der Waals surface area contributed by atoms with Crippen molar-refractivity contribution in [1.29, 1.82) is 0 Å². The van der Waals surface area contributed by atoms with Crippen LogP contribution in [0.2, 0.25) is 0 Å². The molecule has 1 fully saturated rings. The fourth-order valence-corrected chi connectivity index (χ4v) is 3.17. The predicted molar refractivity (Wildman–Crippen MR) is 57.5 cm³/mol. The van der Waals surface area contributed by atoms with Crippen molar-refractivity contribution >= 4 is 0 Å². The minimum absolute atomic E-state index is 0.859. The van der Waals surface area contributed by atoms with Crippen LogP contribution in [0.3, 0.4) is 0 Å². The molecule has 0 aromatic rings. The zero-order chi connectivity index (χ0) is 9.42. The topological polar surface area (TPSA) is 0 Å². The minimum atomic E-state index is 0.859. The molecule has 2 bridgehead atoms. The summed E-state index contributed by atoms with van der Waals surface area (Å²) in [5.74, 6) is 4.72. The van der Waals surface area contributed by atoms with Crippen molar-refractivity contribution in [2.75, 3.05) is 0 Å². The van der Waals surface area contributed by atoms with Crippen LogP contribution in [0.4, 0.5) is 0 Å². The van der Waals surface area contributed by atoms with E-state index in [0.717, 1.165) is 29.6 Å². The molecule has 2 rings (SSSR count). The van der Waals surface area contributed by atoms with E-state index in [1.165, 1.54) is 19.3 Å². The third-order valence-corrected chi connectivity index (χ3v) is 4.34. The van der Waals surface area contributed by atoms with E-state index in [2.05, 4.69) is 32.9 Å². The molecule has 0 heterocycles. The SMILES string of the molecule is CC(C)C(C)C1CC2CC=CC1C2. The van der Waals surface area contributed by atoms with E-state index in [9.17, 15) is 0 Å². The zero-order valence-corrected chi connectivity index (χ0v) is 9.16. The van der Waals surface area contributed by atoms with Crippen molar-refractivity contribution in [1.82, 2.24) is 0 Å². The molecule has 2 aliphatic rings. The van der Waals surface area contributed by atoms with E-state index >= 15 is 0 Å². The molecule has 0 aromatic carbocycles. The third-order valence-electron chi connectivity index (χ3n) is 4.34. The molecule has 13 heavy (non-hydrogen) atoms. The Morgan fingerprint density at radius 3 is 2.54 bits per heavy atom. The molecule has 1 saturated carbocycles. The average Bonchev–Trinajstić information content (AvgIpc) is 2.40. The highest BCUT2D eigenvalue weighted by molar-refractivity contribution is 5.04. The van der Waals surface area contributed by atoms with Crippen LogP contribution < -0.4 is 0 Å². The van der Waals surface area contributed by atoms with Crippen molar-refractivity contribution in [3.05, 3.63) is 12.2 Å². The lowest BCUT2D eigenvalue weighted by Crippen LogP contribution is -2.19. The van der Waals surface area contributed by atoms with Crippen molar-refractivity contribution in [2.45, 2.75) is 40.0 Å². The van der Waals surface area contributed by atoms with E-state index < -0.39 is 0 Å². The Morgan fingerprint density at radius 2 is 1.92 bits per heavy atom. The summed E-state index contributed by atoms with van der Waals surface area (Å²) in [5, 5.41) is 0. The molecule has 74 valence electrons. The predicted octanol–water partition coefficient (Wildman–Crippen LogP) is 3.88. The first kappa shape index (κ1) is 9.30. The van der Waals surface area contributed by atoms with Crippen LogP contribution in [0.15, 0.2) is 12.2 Å². The molecule has 0 amide bonds. The van der Waals surface area contributed by atoms with E-state index in [-0.39, 0.29) is 0 Å². The van der Waals surface area contributed by atoms with Gasteiger partial charge >= 0.3 is 0 Å². The first-order valence-corrected chi connectivity index (χ1v) is 5.85. The number of fused-ring (bicyclic) bond motifs is 2. The van der Waals surface area contributed by atoms with Crippen LogP contribution >= 0.6 is 0 Å². The molecule has 4 atom stereocenters. The van der Waals surface area contributed by atoms with Gasteiger partial charge in [0.15, 0.2) is 0 Å². The largest absolute Gasteiger partial charge is 0.0880 e. The summed E-state index contributed by atoms with van der Waals surface area (Å²) >= 11 is 0. The highest BCUT2D eigenvalue weighted by atomic mass is 14.4. The molecule has 0 radical (unpaired) electrons. The average molecular weight is 178 g/mol. The van der Waals surface area contributed by atoms with Crippen LogP contribution in [0.25, 0.3) is 0 Å². The summed E-state index contributed by atoms with van der Waals surface area (Å²) in [6.45, 7) is 7.19. The van der Waals surface area contributed by atoms with Crippen LogP contribution in [0.1, 0.15) is 40.0 Å². The highest BCUT2D eigenvalue weighted by Gasteiger charge is 2.37. The normalized spacial score (nSPS) is 39.8. The Hall–Kier alpha value is -0.260. The molecule has 0 heteroatoms. The maximum atomic E-state index is 2.49. The summed E-state index contributed by atoms with van der Waals surface area (Å²) < 4.78 is 0. The van der Waals surface area contributed by atoms with Crippen LogP contribution in [-0.4, -0.2) is 0 Å². The molecule has 0 aliphatic heterocycles. The summed E-state index contributed by atoms with van der Waals surface area (Å²) in [4.78, 5) is 0. The van der Waals surface area contributed by atoms with Gasteiger partial charge in [0.05, 0.1) is 0 Å². The first-order valence-electron chi connectivity index (χ1n) is 5.85. The number of allylic oxidation sites excluding steroid dienone is 2. The summed E-state index contributed by atoms with van der Waals surface area (Å²) in [7, 11) is 0. The summed E-state index contributed by atoms with van der Waals surface area (Å²) in [6.07, 6.45) is 9.26. The second-order valence-corrected chi connectivity index (χ2v) is 5.43. The summed E-state index contributed by atoms with van der Waals surface area (Å²) in [5.41, 5.74) is 0. The van der Waals surface area contributed by atoms with Gasteiger partial charge in [0.25, 0.3) is 0 Å². The Morgan fingerprint density at radius 1 is 1.15 bits per heavy atom. The van der Waals surface area contributed by atoms with Crippen LogP contribution in [0, 0.1) is 29.6 Å². The van der Waals surface area contributed by atoms with Gasteiger partial charge in [0.1, 0.15) is 0 Å². The standard InChI is InChI=1S/C13H22/c1-9(2)10(3)13-8-11-5-4-6-12(13)7-11/h4,6,9-13H,5,7-8H2,1-3H3. The van der Waals surface area contributed by atoms with Crippen molar-refractivity contribution in [3.8, 4) is 0 Å². The number of rotatable bonds is 2. The molecule has 0 aromatic heterocycles. The lowest BCUT2D eigenvalue weighted by Gasteiger charge is -2.26. The molecule has 0 spiro atoms. The van der Waals surface area contributed by atoms with Crippen LogP contribution in [0.5, 0.6) is 0 Å². The molecule has 0 N–H and O–H groups in total. The highest BCUT2D eigenvalue weighted by Crippen LogP contribution is 2.47. The van der Waals surface area contributed by atoms with E-state index in [0.29, 0.717) is 0 Å². The van der Waals surface area contributed by atoms with Crippen molar-refractivity contribution in [2.24, 2.45) is 29.6 Å². The maximum Gasteiger partial charge on any atom is -0.0200 e.